The fourth-order valence-electron chi connectivity index (χ4n) is 5.30. The van der Waals surface area contributed by atoms with Crippen LogP contribution in [-0.4, -0.2) is 57.4 Å². The number of hydrogen-bond acceptors (Lipinski definition) is 7. The van der Waals surface area contributed by atoms with Gasteiger partial charge in [0.1, 0.15) is 29.8 Å². The Kier molecular flexibility index (Phi) is 2.17. The predicted octanol–water partition coefficient (Wildman–Crippen LogP) is 0.457. The molecule has 0 radical (unpaired) electrons. The average Bonchev–Trinajstić information content (AvgIpc) is 3.57. The van der Waals surface area contributed by atoms with Crippen molar-refractivity contribution >= 4 is 16.6 Å². The van der Waals surface area contributed by atoms with Crippen LogP contribution in [0.4, 0.5) is 0 Å². The van der Waals surface area contributed by atoms with Crippen LogP contribution in [0.2, 0.25) is 0 Å². The molecule has 0 amide bonds. The molecule has 0 bridgehead atoms. The standard InChI is InChI=1S/C20H14O7/c21-12-7-8-13(22)19-18(12,27-19)16(23)15-17(24-15)20(19)25-10-5-1-3-9-4-2-6-11(26-20)14(9)10/h1-8,12,15-17,21,23H/t12-,15+,16-,17+,18-,19-/m0/s1/i1+1,2+1,3+1,4+1,5+1,6+1,7+1,8+1,9+1,10+1,11+1,12+1,13+1,14+1,15+1,16+1,17+1,18+1,19+1,20+1. The van der Waals surface area contributed by atoms with Crippen molar-refractivity contribution in [1.82, 2.24) is 0 Å². The molecule has 7 nitrogen and oxygen atoms in total. The highest BCUT2D eigenvalue weighted by Gasteiger charge is 2.99. The Morgan fingerprint density at radius 2 is 1.70 bits per heavy atom. The van der Waals surface area contributed by atoms with Crippen LogP contribution in [0.3, 0.4) is 0 Å². The molecule has 3 aliphatic heterocycles. The third kappa shape index (κ3) is 1.28. The van der Waals surface area contributed by atoms with E-state index in [-0.39, 0.29) is 0 Å². The second kappa shape index (κ2) is 4.02. The van der Waals surface area contributed by atoms with Gasteiger partial charge >= 0.3 is 5.79 Å². The maximum atomic E-state index is 13.0. The Hall–Kier alpha value is -2.45. The van der Waals surface area contributed by atoms with Crippen LogP contribution in [0.15, 0.2) is 48.6 Å². The van der Waals surface area contributed by atoms with Gasteiger partial charge in [0.15, 0.2) is 17.5 Å². The van der Waals surface area contributed by atoms with Gasteiger partial charge in [-0.1, -0.05) is 24.3 Å². The summed E-state index contributed by atoms with van der Waals surface area (Å²) in [4.78, 5) is 13.0. The molecule has 2 aromatic carbocycles. The number of rotatable bonds is 0. The van der Waals surface area contributed by atoms with Crippen LogP contribution in [0.5, 0.6) is 11.5 Å². The number of carbonyl (C=O) groups excluding carboxylic acids is 1. The van der Waals surface area contributed by atoms with E-state index in [1.54, 1.807) is 12.1 Å². The molecule has 27 heavy (non-hydrogen) atoms. The minimum Gasteiger partial charge on any atom is -0.446 e. The lowest BCUT2D eigenvalue weighted by molar-refractivity contribution is -0.191. The third-order valence-corrected chi connectivity index (χ3v) is 6.54. The van der Waals surface area contributed by atoms with Gasteiger partial charge < -0.3 is 29.2 Å². The number of epoxide rings is 2. The molecule has 2 saturated heterocycles. The molecule has 7 heteroatoms. The van der Waals surface area contributed by atoms with Gasteiger partial charge in [-0.3, -0.25) is 4.79 Å². The van der Waals surface area contributed by atoms with Gasteiger partial charge in [0.05, 0.1) is 5.39 Å². The smallest absolute Gasteiger partial charge is 0.320 e. The van der Waals surface area contributed by atoms with E-state index in [2.05, 4.69) is 0 Å². The summed E-state index contributed by atoms with van der Waals surface area (Å²) in [5, 5.41) is 23.1. The molecule has 0 aromatic heterocycles. The first-order chi connectivity index (χ1) is 13.1. The zero-order valence-electron chi connectivity index (χ0n) is 13.9. The van der Waals surface area contributed by atoms with Crippen LogP contribution >= 0.6 is 0 Å². The van der Waals surface area contributed by atoms with Crippen molar-refractivity contribution in [3.63, 3.8) is 0 Å². The molecular formula is C20H14O7. The van der Waals surface area contributed by atoms with Crippen molar-refractivity contribution < 1.29 is 34.0 Å². The normalized spacial score (nSPS) is 44.0. The van der Waals surface area contributed by atoms with Gasteiger partial charge in [0.2, 0.25) is 5.60 Å². The van der Waals surface area contributed by atoms with Crippen LogP contribution in [0.25, 0.3) is 10.8 Å². The van der Waals surface area contributed by atoms with Crippen molar-refractivity contribution in [2.75, 3.05) is 0 Å². The molecule has 2 aliphatic carbocycles. The number of fused-ring (bicyclic) bond motifs is 2. The fourth-order valence-corrected chi connectivity index (χ4v) is 5.30. The van der Waals surface area contributed by atoms with Crippen molar-refractivity contribution in [3.8, 4) is 11.5 Å². The first-order valence-corrected chi connectivity index (χ1v) is 8.89. The van der Waals surface area contributed by atoms with Gasteiger partial charge in [0.25, 0.3) is 0 Å². The highest BCUT2D eigenvalue weighted by molar-refractivity contribution is 6.05. The van der Waals surface area contributed by atoms with Gasteiger partial charge in [-0.25, -0.2) is 0 Å². The molecule has 2 aromatic rings. The summed E-state index contributed by atoms with van der Waals surface area (Å²) in [7, 11) is 0. The Morgan fingerprint density at radius 3 is 2.41 bits per heavy atom. The maximum absolute atomic E-state index is 13.0. The monoisotopic (exact) mass is 386 g/mol. The lowest BCUT2D eigenvalue weighted by Gasteiger charge is -2.45. The fraction of sp³-hybridized carbons (Fsp3) is 0.350. The Morgan fingerprint density at radius 1 is 1.00 bits per heavy atom. The lowest BCUT2D eigenvalue weighted by atomic mass is 10.6. The van der Waals surface area contributed by atoms with Crippen molar-refractivity contribution in [1.29, 1.82) is 0 Å². The predicted molar refractivity (Wildman–Crippen MR) is 89.3 cm³/mol. The molecule has 2 N–H and O–H groups in total. The molecular weight excluding hydrogens is 372 g/mol. The molecule has 136 valence electrons. The molecule has 6 atom stereocenters. The van der Waals surface area contributed by atoms with Crippen LogP contribution in [0.1, 0.15) is 0 Å². The average molecular weight is 386 g/mol. The molecule has 3 fully saturated rings. The van der Waals surface area contributed by atoms with E-state index in [4.69, 9.17) is 18.9 Å². The van der Waals surface area contributed by atoms with E-state index >= 15 is 0 Å². The molecule has 5 aliphatic rings. The van der Waals surface area contributed by atoms with Crippen LogP contribution < -0.4 is 9.47 Å². The van der Waals surface area contributed by atoms with Gasteiger partial charge in [-0.15, -0.1) is 0 Å². The number of ketones is 1. The van der Waals surface area contributed by atoms with E-state index in [9.17, 15) is 15.0 Å². The molecule has 7 rings (SSSR count). The minimum atomic E-state index is -1.67. The molecule has 1 spiro atoms. The van der Waals surface area contributed by atoms with Crippen molar-refractivity contribution in [2.24, 2.45) is 0 Å². The van der Waals surface area contributed by atoms with Crippen molar-refractivity contribution in [3.05, 3.63) is 48.6 Å². The quantitative estimate of drug-likeness (QED) is 0.501. The number of hydrogen-bond donors (Lipinski definition) is 2. The van der Waals surface area contributed by atoms with E-state index in [1.807, 2.05) is 24.3 Å². The van der Waals surface area contributed by atoms with E-state index < -0.39 is 47.2 Å². The largest absolute Gasteiger partial charge is 0.446 e. The van der Waals surface area contributed by atoms with Gasteiger partial charge in [-0.2, -0.15) is 0 Å². The maximum Gasteiger partial charge on any atom is 0.320 e. The summed E-state index contributed by atoms with van der Waals surface area (Å²) in [6.45, 7) is 0. The first kappa shape index (κ1) is 14.6. The van der Waals surface area contributed by atoms with Crippen molar-refractivity contribution in [2.45, 2.75) is 41.4 Å². The summed E-state index contributed by atoms with van der Waals surface area (Å²) >= 11 is 0. The molecule has 1 saturated carbocycles. The Bertz CT molecular complexity index is 1050. The van der Waals surface area contributed by atoms with Gasteiger partial charge in [-0.05, 0) is 29.7 Å². The first-order valence-electron chi connectivity index (χ1n) is 8.89. The second-order valence-electron chi connectivity index (χ2n) is 7.69. The third-order valence-electron chi connectivity index (χ3n) is 6.54. The summed E-state index contributed by atoms with van der Waals surface area (Å²) in [5.41, 5.74) is -3.20. The number of carbonyl (C=O) groups is 1. The zero-order chi connectivity index (χ0) is 18.2. The zero-order valence-corrected chi connectivity index (χ0v) is 13.9. The number of aliphatic hydroxyl groups excluding tert-OH is 2. The number of aliphatic hydroxyl groups is 2. The van der Waals surface area contributed by atoms with Crippen LogP contribution in [-0.2, 0) is 14.3 Å². The number of ether oxygens (including phenoxy) is 4. The Balaban J connectivity index is 1.50. The SMILES string of the molecule is O=[13C]1[13CH]=[13CH][13C@H](O)[13C@@]23O[13C@@]12[13C]1(O[13c]2[13cH][13cH][13cH][13c]4[13cH][13cH][13cH][13c]([13c]24)O1)[13C@@H]1O[13C@@H]1[13C@@H]3O. The van der Waals surface area contributed by atoms with Gasteiger partial charge in [0, 0.05) is 0 Å². The van der Waals surface area contributed by atoms with E-state index in [0.717, 1.165) is 10.8 Å². The topological polar surface area (TPSA) is 101 Å². The summed E-state index contributed by atoms with van der Waals surface area (Å²) in [5.74, 6) is -0.916. The summed E-state index contributed by atoms with van der Waals surface area (Å²) < 4.78 is 24.2. The molecule has 3 heterocycles. The minimum absolute atomic E-state index is 0.410. The van der Waals surface area contributed by atoms with E-state index in [1.165, 1.54) is 12.2 Å². The number of benzene rings is 2. The lowest BCUT2D eigenvalue weighted by Crippen LogP contribution is -2.73. The van der Waals surface area contributed by atoms with Crippen LogP contribution in [0, 0.1) is 0 Å². The summed E-state index contributed by atoms with van der Waals surface area (Å²) in [6, 6.07) is 11.2. The van der Waals surface area contributed by atoms with E-state index in [0.29, 0.717) is 11.5 Å². The summed E-state index contributed by atoms with van der Waals surface area (Å²) in [6.07, 6.45) is -1.05. The highest BCUT2D eigenvalue weighted by atomic mass is 17.1. The highest BCUT2D eigenvalue weighted by Crippen LogP contribution is 2.71. The Labute approximate surface area is 152 Å². The second-order valence-corrected chi connectivity index (χ2v) is 7.69. The molecule has 0 unspecified atom stereocenters.